The summed E-state index contributed by atoms with van der Waals surface area (Å²) in [6, 6.07) is 2.89. The molecule has 1 aromatic rings. The van der Waals surface area contributed by atoms with Gasteiger partial charge in [-0.2, -0.15) is 0 Å². The van der Waals surface area contributed by atoms with Crippen molar-refractivity contribution in [1.29, 1.82) is 0 Å². The van der Waals surface area contributed by atoms with Crippen molar-refractivity contribution in [3.8, 4) is 11.5 Å². The number of aliphatic hydroxyl groups excluding tert-OH is 1. The number of aliphatic hydroxyl groups is 1. The Morgan fingerprint density at radius 3 is 2.40 bits per heavy atom. The van der Waals surface area contributed by atoms with Crippen molar-refractivity contribution in [3.63, 3.8) is 0 Å². The van der Waals surface area contributed by atoms with Gasteiger partial charge in [0, 0.05) is 5.56 Å². The maximum Gasteiger partial charge on any atom is 0.339 e. The summed E-state index contributed by atoms with van der Waals surface area (Å²) < 4.78 is 29.2. The third kappa shape index (κ3) is 2.85. The van der Waals surface area contributed by atoms with E-state index in [1.54, 1.807) is 6.92 Å². The predicted molar refractivity (Wildman–Crippen MR) is 68.5 cm³/mol. The number of ether oxygens (including phenoxy) is 3. The molecule has 2 atom stereocenters. The van der Waals surface area contributed by atoms with Crippen LogP contribution in [0.5, 0.6) is 11.5 Å². The highest BCUT2D eigenvalue weighted by Gasteiger charge is 2.27. The molecule has 0 amide bonds. The monoisotopic (exact) mass is 284 g/mol. The zero-order chi connectivity index (χ0) is 14.7. The minimum atomic E-state index is -1.54. The smallest absolute Gasteiger partial charge is 0.339 e. The highest BCUT2D eigenvalue weighted by molar-refractivity contribution is 5.77. The van der Waals surface area contributed by atoms with E-state index < -0.39 is 18.2 Å². The first-order chi connectivity index (χ1) is 9.54. The van der Waals surface area contributed by atoms with Crippen molar-refractivity contribution < 1.29 is 28.5 Å². The fraction of sp³-hybridized carbons (Fsp3) is 0.500. The van der Waals surface area contributed by atoms with Gasteiger partial charge < -0.3 is 19.3 Å². The molecule has 1 aliphatic rings. The van der Waals surface area contributed by atoms with E-state index in [0.29, 0.717) is 24.7 Å². The van der Waals surface area contributed by atoms with Crippen LogP contribution in [0, 0.1) is 0 Å². The van der Waals surface area contributed by atoms with E-state index in [2.05, 4.69) is 0 Å². The van der Waals surface area contributed by atoms with Crippen molar-refractivity contribution in [2.45, 2.75) is 26.1 Å². The van der Waals surface area contributed by atoms with Crippen LogP contribution in [0.3, 0.4) is 0 Å². The molecular formula is C14H17FO5. The van der Waals surface area contributed by atoms with Gasteiger partial charge in [-0.15, -0.1) is 0 Å². The van der Waals surface area contributed by atoms with E-state index in [-0.39, 0.29) is 17.7 Å². The number of alkyl halides is 1. The van der Waals surface area contributed by atoms with Gasteiger partial charge in [0.15, 0.2) is 17.6 Å². The van der Waals surface area contributed by atoms with Crippen molar-refractivity contribution in [2.24, 2.45) is 0 Å². The van der Waals surface area contributed by atoms with Crippen molar-refractivity contribution in [3.05, 3.63) is 23.3 Å². The Morgan fingerprint density at radius 2 is 1.90 bits per heavy atom. The van der Waals surface area contributed by atoms with Crippen molar-refractivity contribution in [1.82, 2.24) is 0 Å². The number of hydrogen-bond acceptors (Lipinski definition) is 5. The molecule has 0 bridgehead atoms. The van der Waals surface area contributed by atoms with Gasteiger partial charge in [0.2, 0.25) is 0 Å². The number of carbonyl (C=O) groups excluding carboxylic acids is 1. The molecule has 0 aliphatic carbocycles. The molecule has 1 heterocycles. The first kappa shape index (κ1) is 14.6. The lowest BCUT2D eigenvalue weighted by Gasteiger charge is -2.23. The molecule has 0 fully saturated rings. The molecule has 1 N–H and O–H groups in total. The molecule has 0 saturated carbocycles. The highest BCUT2D eigenvalue weighted by atomic mass is 19.1. The lowest BCUT2D eigenvalue weighted by atomic mass is 9.98. The molecule has 1 aliphatic heterocycles. The van der Waals surface area contributed by atoms with Gasteiger partial charge >= 0.3 is 5.97 Å². The molecule has 110 valence electrons. The van der Waals surface area contributed by atoms with Gasteiger partial charge in [-0.05, 0) is 31.5 Å². The summed E-state index contributed by atoms with van der Waals surface area (Å²) in [5.41, 5.74) is 0.331. The minimum Gasteiger partial charge on any atom is -0.486 e. The number of esters is 1. The van der Waals surface area contributed by atoms with Gasteiger partial charge in [0.05, 0.1) is 6.61 Å². The van der Waals surface area contributed by atoms with Crippen molar-refractivity contribution in [2.75, 3.05) is 19.8 Å². The first-order valence-electron chi connectivity index (χ1n) is 6.46. The Hall–Kier alpha value is -1.82. The molecular weight excluding hydrogens is 267 g/mol. The maximum absolute atomic E-state index is 13.7. The first-order valence-corrected chi connectivity index (χ1v) is 6.46. The Kier molecular flexibility index (Phi) is 4.44. The predicted octanol–water partition coefficient (Wildman–Crippen LogP) is 2.08. The standard InChI is InChI=1S/C14H17FO5/c1-3-18-14(17)13(16)10-7-12-11(19-4-5-20-12)6-9(10)8(2)15/h6-8,13,16H,3-5H2,1-2H3. The fourth-order valence-electron chi connectivity index (χ4n) is 2.05. The quantitative estimate of drug-likeness (QED) is 0.858. The summed E-state index contributed by atoms with van der Waals surface area (Å²) in [6.07, 6.45) is -2.90. The molecule has 0 aromatic heterocycles. The average molecular weight is 284 g/mol. The van der Waals surface area contributed by atoms with Crippen LogP contribution in [0.15, 0.2) is 12.1 Å². The minimum absolute atomic E-state index is 0.140. The molecule has 0 saturated heterocycles. The summed E-state index contributed by atoms with van der Waals surface area (Å²) in [5, 5.41) is 10.0. The van der Waals surface area contributed by atoms with Gasteiger partial charge in [0.1, 0.15) is 19.4 Å². The van der Waals surface area contributed by atoms with E-state index in [9.17, 15) is 14.3 Å². The van der Waals surface area contributed by atoms with Gasteiger partial charge in [-0.3, -0.25) is 0 Å². The maximum atomic E-state index is 13.7. The Bertz CT molecular complexity index is 501. The topological polar surface area (TPSA) is 65.0 Å². The third-order valence-electron chi connectivity index (χ3n) is 2.98. The van der Waals surface area contributed by atoms with E-state index in [0.717, 1.165) is 0 Å². The molecule has 5 nitrogen and oxygen atoms in total. The Balaban J connectivity index is 2.41. The Morgan fingerprint density at radius 1 is 1.35 bits per heavy atom. The van der Waals surface area contributed by atoms with Crippen molar-refractivity contribution >= 4 is 5.97 Å². The van der Waals surface area contributed by atoms with Crippen LogP contribution in [0.1, 0.15) is 37.3 Å². The van der Waals surface area contributed by atoms with Crippen LogP contribution in [0.25, 0.3) is 0 Å². The van der Waals surface area contributed by atoms with Crippen LogP contribution >= 0.6 is 0 Å². The van der Waals surface area contributed by atoms with Gasteiger partial charge in [-0.1, -0.05) is 0 Å². The number of hydrogen-bond donors (Lipinski definition) is 1. The van der Waals surface area contributed by atoms with E-state index in [1.807, 2.05) is 0 Å². The summed E-state index contributed by atoms with van der Waals surface area (Å²) >= 11 is 0. The summed E-state index contributed by atoms with van der Waals surface area (Å²) in [6.45, 7) is 3.85. The summed E-state index contributed by atoms with van der Waals surface area (Å²) in [5.74, 6) is -0.0133. The largest absolute Gasteiger partial charge is 0.486 e. The van der Waals surface area contributed by atoms with E-state index in [4.69, 9.17) is 14.2 Å². The molecule has 2 unspecified atom stereocenters. The zero-order valence-corrected chi connectivity index (χ0v) is 11.4. The van der Waals surface area contributed by atoms with E-state index in [1.165, 1.54) is 19.1 Å². The van der Waals surface area contributed by atoms with Crippen LogP contribution < -0.4 is 9.47 Å². The normalized spacial score (nSPS) is 16.4. The summed E-state index contributed by atoms with van der Waals surface area (Å²) in [4.78, 5) is 11.6. The van der Waals surface area contributed by atoms with Gasteiger partial charge in [0.25, 0.3) is 0 Å². The molecule has 0 spiro atoms. The number of carbonyl (C=O) groups is 1. The van der Waals surface area contributed by atoms with Crippen LogP contribution in [0.4, 0.5) is 4.39 Å². The van der Waals surface area contributed by atoms with Crippen LogP contribution in [-0.4, -0.2) is 30.9 Å². The Labute approximate surface area is 116 Å². The molecule has 2 rings (SSSR count). The average Bonchev–Trinajstić information content (AvgIpc) is 2.45. The molecule has 6 heteroatoms. The second kappa shape index (κ2) is 6.09. The third-order valence-corrected chi connectivity index (χ3v) is 2.98. The summed E-state index contributed by atoms with van der Waals surface area (Å²) in [7, 11) is 0. The second-order valence-electron chi connectivity index (χ2n) is 4.40. The number of halogens is 1. The molecule has 0 radical (unpaired) electrons. The highest BCUT2D eigenvalue weighted by Crippen LogP contribution is 2.38. The van der Waals surface area contributed by atoms with Gasteiger partial charge in [-0.25, -0.2) is 9.18 Å². The number of fused-ring (bicyclic) bond motifs is 1. The van der Waals surface area contributed by atoms with Crippen LogP contribution in [-0.2, 0) is 9.53 Å². The number of benzene rings is 1. The number of rotatable bonds is 4. The van der Waals surface area contributed by atoms with Crippen LogP contribution in [0.2, 0.25) is 0 Å². The molecule has 20 heavy (non-hydrogen) atoms. The molecule has 1 aromatic carbocycles. The lowest BCUT2D eigenvalue weighted by molar-refractivity contribution is -0.153. The van der Waals surface area contributed by atoms with E-state index >= 15 is 0 Å². The SMILES string of the molecule is CCOC(=O)C(O)c1cc2c(cc1C(C)F)OCCO2. The lowest BCUT2D eigenvalue weighted by Crippen LogP contribution is -2.20. The zero-order valence-electron chi connectivity index (χ0n) is 11.4. The second-order valence-corrected chi connectivity index (χ2v) is 4.40. The fourth-order valence-corrected chi connectivity index (χ4v) is 2.05.